The van der Waals surface area contributed by atoms with Crippen molar-refractivity contribution in [1.82, 2.24) is 5.32 Å². The molecule has 0 spiro atoms. The molecule has 1 saturated carbocycles. The predicted molar refractivity (Wildman–Crippen MR) is 67.3 cm³/mol. The summed E-state index contributed by atoms with van der Waals surface area (Å²) in [5.41, 5.74) is 0.721. The second-order valence-corrected chi connectivity index (χ2v) is 4.92. The standard InChI is InChI=1S/C13H14ClNO3/c14-10-3-1-2-9(6-10)11(7-12(16)17)15-13(18)8-4-5-8/h1-3,6,8,11H,4-5,7H2,(H,15,18)(H,16,17). The summed E-state index contributed by atoms with van der Waals surface area (Å²) in [7, 11) is 0. The van der Waals surface area contributed by atoms with Gasteiger partial charge in [0.2, 0.25) is 5.91 Å². The summed E-state index contributed by atoms with van der Waals surface area (Å²) in [6, 6.07) is 6.39. The lowest BCUT2D eigenvalue weighted by molar-refractivity contribution is -0.137. The van der Waals surface area contributed by atoms with E-state index in [1.54, 1.807) is 24.3 Å². The highest BCUT2D eigenvalue weighted by Gasteiger charge is 2.31. The van der Waals surface area contributed by atoms with Gasteiger partial charge >= 0.3 is 5.97 Å². The number of hydrogen-bond donors (Lipinski definition) is 2. The van der Waals surface area contributed by atoms with Crippen molar-refractivity contribution in [1.29, 1.82) is 0 Å². The Morgan fingerprint density at radius 3 is 2.72 bits per heavy atom. The van der Waals surface area contributed by atoms with E-state index in [2.05, 4.69) is 5.32 Å². The lowest BCUT2D eigenvalue weighted by Crippen LogP contribution is -2.31. The molecule has 1 fully saturated rings. The second-order valence-electron chi connectivity index (χ2n) is 4.49. The van der Waals surface area contributed by atoms with Crippen LogP contribution in [0.1, 0.15) is 30.9 Å². The van der Waals surface area contributed by atoms with E-state index in [-0.39, 0.29) is 18.2 Å². The number of amides is 1. The van der Waals surface area contributed by atoms with Crippen LogP contribution in [0.2, 0.25) is 5.02 Å². The van der Waals surface area contributed by atoms with E-state index in [0.29, 0.717) is 5.02 Å². The van der Waals surface area contributed by atoms with Crippen LogP contribution in [0.15, 0.2) is 24.3 Å². The fraction of sp³-hybridized carbons (Fsp3) is 0.385. The SMILES string of the molecule is O=C(O)CC(NC(=O)C1CC1)c1cccc(Cl)c1. The normalized spacial score (nSPS) is 16.1. The number of carboxylic acids is 1. The first-order valence-corrected chi connectivity index (χ1v) is 6.21. The molecule has 1 unspecified atom stereocenters. The van der Waals surface area contributed by atoms with E-state index in [1.807, 2.05) is 0 Å². The van der Waals surface area contributed by atoms with E-state index < -0.39 is 12.0 Å². The molecule has 0 heterocycles. The Labute approximate surface area is 110 Å². The monoisotopic (exact) mass is 267 g/mol. The minimum Gasteiger partial charge on any atom is -0.481 e. The third kappa shape index (κ3) is 3.47. The summed E-state index contributed by atoms with van der Waals surface area (Å²) in [6.07, 6.45) is 1.64. The first-order valence-electron chi connectivity index (χ1n) is 5.84. The van der Waals surface area contributed by atoms with Gasteiger partial charge < -0.3 is 10.4 Å². The summed E-state index contributed by atoms with van der Waals surface area (Å²) < 4.78 is 0. The maximum absolute atomic E-state index is 11.7. The largest absolute Gasteiger partial charge is 0.481 e. The quantitative estimate of drug-likeness (QED) is 0.861. The van der Waals surface area contributed by atoms with Gasteiger partial charge in [0.15, 0.2) is 0 Å². The topological polar surface area (TPSA) is 66.4 Å². The lowest BCUT2D eigenvalue weighted by atomic mass is 10.0. The zero-order chi connectivity index (χ0) is 13.1. The maximum atomic E-state index is 11.7. The predicted octanol–water partition coefficient (Wildman–Crippen LogP) is 2.38. The van der Waals surface area contributed by atoms with Gasteiger partial charge in [-0.2, -0.15) is 0 Å². The summed E-state index contributed by atoms with van der Waals surface area (Å²) >= 11 is 5.88. The van der Waals surface area contributed by atoms with Gasteiger partial charge in [-0.3, -0.25) is 9.59 Å². The van der Waals surface area contributed by atoms with Crippen LogP contribution in [0.3, 0.4) is 0 Å². The van der Waals surface area contributed by atoms with Crippen molar-refractivity contribution in [2.45, 2.75) is 25.3 Å². The van der Waals surface area contributed by atoms with Crippen LogP contribution in [0.25, 0.3) is 0 Å². The molecule has 1 amide bonds. The van der Waals surface area contributed by atoms with E-state index in [0.717, 1.165) is 18.4 Å². The fourth-order valence-corrected chi connectivity index (χ4v) is 1.98. The molecule has 96 valence electrons. The Hall–Kier alpha value is -1.55. The average Bonchev–Trinajstić information content (AvgIpc) is 3.11. The Bertz CT molecular complexity index is 471. The molecule has 1 aliphatic rings. The average molecular weight is 268 g/mol. The number of rotatable bonds is 5. The third-order valence-electron chi connectivity index (χ3n) is 2.89. The second kappa shape index (κ2) is 5.40. The zero-order valence-corrected chi connectivity index (χ0v) is 10.5. The summed E-state index contributed by atoms with van der Waals surface area (Å²) in [5.74, 6) is -0.960. The van der Waals surface area contributed by atoms with Crippen molar-refractivity contribution in [2.75, 3.05) is 0 Å². The molecule has 0 saturated heterocycles. The van der Waals surface area contributed by atoms with E-state index in [4.69, 9.17) is 16.7 Å². The smallest absolute Gasteiger partial charge is 0.305 e. The van der Waals surface area contributed by atoms with Gasteiger partial charge in [0.1, 0.15) is 0 Å². The van der Waals surface area contributed by atoms with Gasteiger partial charge in [-0.05, 0) is 30.5 Å². The molecule has 1 aromatic carbocycles. The molecule has 0 aromatic heterocycles. The molecule has 4 nitrogen and oxygen atoms in total. The molecular formula is C13H14ClNO3. The molecule has 5 heteroatoms. The Kier molecular flexibility index (Phi) is 3.87. The van der Waals surface area contributed by atoms with Gasteiger partial charge in [-0.1, -0.05) is 23.7 Å². The highest BCUT2D eigenvalue weighted by molar-refractivity contribution is 6.30. The van der Waals surface area contributed by atoms with Crippen LogP contribution in [0.5, 0.6) is 0 Å². The van der Waals surface area contributed by atoms with Crippen molar-refractivity contribution in [3.63, 3.8) is 0 Å². The van der Waals surface area contributed by atoms with Crippen LogP contribution in [0, 0.1) is 5.92 Å². The van der Waals surface area contributed by atoms with Crippen LogP contribution in [-0.4, -0.2) is 17.0 Å². The highest BCUT2D eigenvalue weighted by atomic mass is 35.5. The molecule has 0 aliphatic heterocycles. The summed E-state index contributed by atoms with van der Waals surface area (Å²) in [4.78, 5) is 22.6. The Morgan fingerprint density at radius 2 is 2.17 bits per heavy atom. The molecule has 1 aromatic rings. The van der Waals surface area contributed by atoms with Crippen LogP contribution < -0.4 is 5.32 Å². The fourth-order valence-electron chi connectivity index (χ4n) is 1.79. The molecular weight excluding hydrogens is 254 g/mol. The minimum atomic E-state index is -0.948. The number of halogens is 1. The number of benzene rings is 1. The molecule has 1 atom stereocenters. The number of hydrogen-bond acceptors (Lipinski definition) is 2. The molecule has 0 radical (unpaired) electrons. The number of carbonyl (C=O) groups excluding carboxylic acids is 1. The van der Waals surface area contributed by atoms with E-state index >= 15 is 0 Å². The van der Waals surface area contributed by atoms with Crippen LogP contribution in [-0.2, 0) is 9.59 Å². The summed E-state index contributed by atoms with van der Waals surface area (Å²) in [6.45, 7) is 0. The van der Waals surface area contributed by atoms with Crippen LogP contribution in [0.4, 0.5) is 0 Å². The van der Waals surface area contributed by atoms with E-state index in [9.17, 15) is 9.59 Å². The van der Waals surface area contributed by atoms with Gasteiger partial charge in [0.05, 0.1) is 12.5 Å². The number of carboxylic acid groups (broad SMARTS) is 1. The lowest BCUT2D eigenvalue weighted by Gasteiger charge is -2.17. The number of aliphatic carboxylic acids is 1. The maximum Gasteiger partial charge on any atom is 0.305 e. The first kappa shape index (κ1) is 12.9. The van der Waals surface area contributed by atoms with Gasteiger partial charge in [0, 0.05) is 10.9 Å². The number of nitrogens with one attached hydrogen (secondary N) is 1. The van der Waals surface area contributed by atoms with Gasteiger partial charge in [-0.15, -0.1) is 0 Å². The molecule has 2 N–H and O–H groups in total. The van der Waals surface area contributed by atoms with Gasteiger partial charge in [0.25, 0.3) is 0 Å². The molecule has 2 rings (SSSR count). The Balaban J connectivity index is 2.12. The van der Waals surface area contributed by atoms with Crippen molar-refractivity contribution < 1.29 is 14.7 Å². The van der Waals surface area contributed by atoms with Crippen molar-refractivity contribution in [3.05, 3.63) is 34.9 Å². The molecule has 1 aliphatic carbocycles. The molecule has 18 heavy (non-hydrogen) atoms. The van der Waals surface area contributed by atoms with Gasteiger partial charge in [-0.25, -0.2) is 0 Å². The van der Waals surface area contributed by atoms with Crippen molar-refractivity contribution >= 4 is 23.5 Å². The van der Waals surface area contributed by atoms with E-state index in [1.165, 1.54) is 0 Å². The minimum absolute atomic E-state index is 0.0560. The van der Waals surface area contributed by atoms with Crippen molar-refractivity contribution in [2.24, 2.45) is 5.92 Å². The third-order valence-corrected chi connectivity index (χ3v) is 3.13. The summed E-state index contributed by atoms with van der Waals surface area (Å²) in [5, 5.41) is 12.2. The first-order chi connectivity index (χ1) is 8.56. The molecule has 0 bridgehead atoms. The highest BCUT2D eigenvalue weighted by Crippen LogP contribution is 2.30. The number of carbonyl (C=O) groups is 2. The Morgan fingerprint density at radius 1 is 1.44 bits per heavy atom. The van der Waals surface area contributed by atoms with Crippen molar-refractivity contribution in [3.8, 4) is 0 Å². The van der Waals surface area contributed by atoms with Crippen LogP contribution >= 0.6 is 11.6 Å². The zero-order valence-electron chi connectivity index (χ0n) is 9.73.